The fourth-order valence-electron chi connectivity index (χ4n) is 4.98. The molecule has 1 fully saturated rings. The molecule has 10 heteroatoms. The van der Waals surface area contributed by atoms with Gasteiger partial charge >= 0.3 is 0 Å². The summed E-state index contributed by atoms with van der Waals surface area (Å²) in [6.07, 6.45) is 5.21. The first-order valence-electron chi connectivity index (χ1n) is 13.2. The SMILES string of the molecule is CS(=O)(=O)N(CC(=O)N(Cc1ccccc1Cl)[C@@H](Cc1ccccc1)C(=O)NC1CCCC1)c1ccccc1Br. The first kappa shape index (κ1) is 30.1. The predicted molar refractivity (Wildman–Crippen MR) is 163 cm³/mol. The van der Waals surface area contributed by atoms with Crippen molar-refractivity contribution in [1.29, 1.82) is 0 Å². The van der Waals surface area contributed by atoms with Crippen LogP contribution >= 0.6 is 27.5 Å². The van der Waals surface area contributed by atoms with E-state index >= 15 is 0 Å². The molecule has 1 N–H and O–H groups in total. The molecule has 212 valence electrons. The smallest absolute Gasteiger partial charge is 0.244 e. The molecule has 3 aromatic carbocycles. The van der Waals surface area contributed by atoms with Crippen LogP contribution in [0.5, 0.6) is 0 Å². The average molecular weight is 647 g/mol. The molecule has 1 saturated carbocycles. The molecule has 7 nitrogen and oxygen atoms in total. The molecule has 3 aromatic rings. The molecule has 0 unspecified atom stereocenters. The van der Waals surface area contributed by atoms with Crippen LogP contribution in [0.1, 0.15) is 36.8 Å². The van der Waals surface area contributed by atoms with Crippen molar-refractivity contribution in [3.63, 3.8) is 0 Å². The topological polar surface area (TPSA) is 86.8 Å². The third-order valence-electron chi connectivity index (χ3n) is 7.07. The largest absolute Gasteiger partial charge is 0.352 e. The van der Waals surface area contributed by atoms with Crippen LogP contribution in [0, 0.1) is 0 Å². The number of nitrogens with one attached hydrogen (secondary N) is 1. The monoisotopic (exact) mass is 645 g/mol. The van der Waals surface area contributed by atoms with Gasteiger partial charge in [-0.25, -0.2) is 8.42 Å². The zero-order valence-electron chi connectivity index (χ0n) is 22.3. The van der Waals surface area contributed by atoms with E-state index < -0.39 is 28.5 Å². The van der Waals surface area contributed by atoms with E-state index in [9.17, 15) is 18.0 Å². The molecule has 0 bridgehead atoms. The Morgan fingerprint density at radius 3 is 2.25 bits per heavy atom. The fraction of sp³-hybridized carbons (Fsp3) is 0.333. The molecule has 40 heavy (non-hydrogen) atoms. The lowest BCUT2D eigenvalue weighted by Gasteiger charge is -2.34. The van der Waals surface area contributed by atoms with Gasteiger partial charge in [-0.15, -0.1) is 0 Å². The highest BCUT2D eigenvalue weighted by molar-refractivity contribution is 9.10. The number of carbonyl (C=O) groups excluding carboxylic acids is 2. The summed E-state index contributed by atoms with van der Waals surface area (Å²) in [6, 6.07) is 22.6. The van der Waals surface area contributed by atoms with E-state index in [0.29, 0.717) is 20.7 Å². The molecular formula is C30H33BrClN3O4S. The summed E-state index contributed by atoms with van der Waals surface area (Å²) in [5.74, 6) is -0.772. The molecule has 1 aliphatic carbocycles. The van der Waals surface area contributed by atoms with Gasteiger partial charge in [-0.1, -0.05) is 85.1 Å². The number of halogens is 2. The highest BCUT2D eigenvalue weighted by atomic mass is 79.9. The Morgan fingerprint density at radius 1 is 0.975 bits per heavy atom. The van der Waals surface area contributed by atoms with Crippen molar-refractivity contribution in [1.82, 2.24) is 10.2 Å². The molecule has 4 rings (SSSR count). The lowest BCUT2D eigenvalue weighted by atomic mass is 10.0. The van der Waals surface area contributed by atoms with Crippen LogP contribution in [0.3, 0.4) is 0 Å². The molecule has 0 saturated heterocycles. The number of sulfonamides is 1. The van der Waals surface area contributed by atoms with E-state index in [0.717, 1.165) is 41.8 Å². The Labute approximate surface area is 249 Å². The van der Waals surface area contributed by atoms with Gasteiger partial charge in [-0.05, 0) is 58.1 Å². The minimum absolute atomic E-state index is 0.0433. The van der Waals surface area contributed by atoms with Gasteiger partial charge in [0.25, 0.3) is 0 Å². The number of nitrogens with zero attached hydrogens (tertiary/aromatic N) is 2. The van der Waals surface area contributed by atoms with Crippen LogP contribution in [0.25, 0.3) is 0 Å². The highest BCUT2D eigenvalue weighted by Gasteiger charge is 2.34. The lowest BCUT2D eigenvalue weighted by molar-refractivity contribution is -0.140. The van der Waals surface area contributed by atoms with E-state index in [1.54, 1.807) is 42.5 Å². The number of benzene rings is 3. The number of anilines is 1. The van der Waals surface area contributed by atoms with E-state index in [4.69, 9.17) is 11.6 Å². The Bertz CT molecular complexity index is 1430. The summed E-state index contributed by atoms with van der Waals surface area (Å²) >= 11 is 9.91. The molecular weight excluding hydrogens is 614 g/mol. The van der Waals surface area contributed by atoms with E-state index in [1.807, 2.05) is 36.4 Å². The van der Waals surface area contributed by atoms with Gasteiger partial charge in [0.1, 0.15) is 12.6 Å². The second-order valence-corrected chi connectivity index (χ2v) is 13.2. The van der Waals surface area contributed by atoms with Crippen LogP contribution in [-0.4, -0.2) is 50.0 Å². The minimum atomic E-state index is -3.84. The Kier molecular flexibility index (Phi) is 10.3. The van der Waals surface area contributed by atoms with Gasteiger partial charge in [0.05, 0.1) is 11.9 Å². The second-order valence-electron chi connectivity index (χ2n) is 10.0. The van der Waals surface area contributed by atoms with Crippen molar-refractivity contribution >= 4 is 55.1 Å². The van der Waals surface area contributed by atoms with Crippen molar-refractivity contribution < 1.29 is 18.0 Å². The van der Waals surface area contributed by atoms with E-state index in [2.05, 4.69) is 21.2 Å². The highest BCUT2D eigenvalue weighted by Crippen LogP contribution is 2.29. The van der Waals surface area contributed by atoms with Gasteiger partial charge in [0.15, 0.2) is 0 Å². The minimum Gasteiger partial charge on any atom is -0.352 e. The number of hydrogen-bond acceptors (Lipinski definition) is 4. The van der Waals surface area contributed by atoms with Gasteiger partial charge < -0.3 is 10.2 Å². The lowest BCUT2D eigenvalue weighted by Crippen LogP contribution is -2.54. The molecule has 2 amide bonds. The maximum Gasteiger partial charge on any atom is 0.244 e. The number of carbonyl (C=O) groups is 2. The molecule has 0 heterocycles. The normalized spacial score (nSPS) is 14.5. The van der Waals surface area contributed by atoms with Crippen LogP contribution in [-0.2, 0) is 32.6 Å². The average Bonchev–Trinajstić information content (AvgIpc) is 3.43. The van der Waals surface area contributed by atoms with Crippen LogP contribution in [0.2, 0.25) is 5.02 Å². The van der Waals surface area contributed by atoms with Gasteiger partial charge in [0.2, 0.25) is 21.8 Å². The van der Waals surface area contributed by atoms with Gasteiger partial charge in [0, 0.05) is 28.5 Å². The van der Waals surface area contributed by atoms with Crippen molar-refractivity contribution in [2.45, 2.75) is 50.7 Å². The van der Waals surface area contributed by atoms with Crippen molar-refractivity contribution in [3.05, 3.63) is 99.5 Å². The Morgan fingerprint density at radius 2 is 1.60 bits per heavy atom. The van der Waals surface area contributed by atoms with Gasteiger partial charge in [-0.3, -0.25) is 13.9 Å². The summed E-state index contributed by atoms with van der Waals surface area (Å²) in [6.45, 7) is -0.435. The quantitative estimate of drug-likeness (QED) is 0.295. The Hall–Kier alpha value is -2.88. The second kappa shape index (κ2) is 13.7. The van der Waals surface area contributed by atoms with Crippen molar-refractivity contribution in [3.8, 4) is 0 Å². The predicted octanol–water partition coefficient (Wildman–Crippen LogP) is 5.57. The third kappa shape index (κ3) is 7.86. The standard InChI is InChI=1S/C30H33BrClN3O4S/c1-40(38,39)35(27-18-10-8-16-25(27)31)21-29(36)34(20-23-13-5-9-17-26(23)32)28(19-22-11-3-2-4-12-22)30(37)33-24-14-6-7-15-24/h2-5,8-13,16-18,24,28H,6-7,14-15,19-21H2,1H3,(H,33,37)/t28-/m0/s1. The molecule has 0 aromatic heterocycles. The summed E-state index contributed by atoms with van der Waals surface area (Å²) in [5.41, 5.74) is 1.89. The first-order valence-corrected chi connectivity index (χ1v) is 16.2. The maximum absolute atomic E-state index is 14.2. The zero-order chi connectivity index (χ0) is 28.7. The molecule has 1 aliphatic rings. The number of hydrogen-bond donors (Lipinski definition) is 1. The van der Waals surface area contributed by atoms with Crippen molar-refractivity contribution in [2.75, 3.05) is 17.1 Å². The number of amides is 2. The summed E-state index contributed by atoms with van der Waals surface area (Å²) in [5, 5.41) is 3.61. The Balaban J connectivity index is 1.74. The van der Waals surface area contributed by atoms with E-state index in [-0.39, 0.29) is 24.9 Å². The number of rotatable bonds is 11. The zero-order valence-corrected chi connectivity index (χ0v) is 25.5. The summed E-state index contributed by atoms with van der Waals surface area (Å²) < 4.78 is 27.4. The molecule has 0 aliphatic heterocycles. The molecule has 0 radical (unpaired) electrons. The van der Waals surface area contributed by atoms with Gasteiger partial charge in [-0.2, -0.15) is 0 Å². The summed E-state index contributed by atoms with van der Waals surface area (Å²) in [7, 11) is -3.84. The van der Waals surface area contributed by atoms with Crippen LogP contribution in [0.15, 0.2) is 83.3 Å². The molecule has 0 spiro atoms. The molecule has 1 atom stereocenters. The third-order valence-corrected chi connectivity index (χ3v) is 9.24. The van der Waals surface area contributed by atoms with Crippen molar-refractivity contribution in [2.24, 2.45) is 0 Å². The first-order chi connectivity index (χ1) is 19.1. The van der Waals surface area contributed by atoms with E-state index in [1.165, 1.54) is 4.90 Å². The number of para-hydroxylation sites is 1. The van der Waals surface area contributed by atoms with Crippen LogP contribution < -0.4 is 9.62 Å². The maximum atomic E-state index is 14.2. The summed E-state index contributed by atoms with van der Waals surface area (Å²) in [4.78, 5) is 29.5. The fourth-order valence-corrected chi connectivity index (χ4v) is 6.65. The van der Waals surface area contributed by atoms with Crippen LogP contribution in [0.4, 0.5) is 5.69 Å².